The summed E-state index contributed by atoms with van der Waals surface area (Å²) in [7, 11) is 1.53. The molecular weight excluding hydrogens is 316 g/mol. The number of aromatic nitrogens is 4. The fourth-order valence-electron chi connectivity index (χ4n) is 2.21. The van der Waals surface area contributed by atoms with E-state index < -0.39 is 0 Å². The van der Waals surface area contributed by atoms with E-state index in [1.54, 1.807) is 34.8 Å². The number of hydrogen-bond acceptors (Lipinski definition) is 7. The highest BCUT2D eigenvalue weighted by Crippen LogP contribution is 2.16. The summed E-state index contributed by atoms with van der Waals surface area (Å²) >= 11 is 1.54. The van der Waals surface area contributed by atoms with Crippen molar-refractivity contribution in [1.29, 1.82) is 0 Å². The minimum absolute atomic E-state index is 0.206. The summed E-state index contributed by atoms with van der Waals surface area (Å²) in [5, 5.41) is 15.8. The monoisotopic (exact) mass is 332 g/mol. The van der Waals surface area contributed by atoms with Crippen molar-refractivity contribution >= 4 is 22.8 Å². The lowest BCUT2D eigenvalue weighted by Gasteiger charge is -2.07. The minimum atomic E-state index is -0.206. The summed E-state index contributed by atoms with van der Waals surface area (Å²) in [6.07, 6.45) is 2.18. The predicted molar refractivity (Wildman–Crippen MR) is 87.3 cm³/mol. The van der Waals surface area contributed by atoms with E-state index in [1.807, 2.05) is 6.92 Å². The van der Waals surface area contributed by atoms with E-state index in [-0.39, 0.29) is 5.91 Å². The van der Waals surface area contributed by atoms with Gasteiger partial charge in [-0.15, -0.1) is 10.2 Å². The third-order valence-electron chi connectivity index (χ3n) is 3.31. The van der Waals surface area contributed by atoms with E-state index in [0.29, 0.717) is 28.8 Å². The maximum absolute atomic E-state index is 12.4. The van der Waals surface area contributed by atoms with Gasteiger partial charge in [0.15, 0.2) is 11.0 Å². The third kappa shape index (κ3) is 3.19. The highest BCUT2D eigenvalue weighted by molar-refractivity contribution is 8.14. The number of rotatable bonds is 4. The van der Waals surface area contributed by atoms with Crippen molar-refractivity contribution < 1.29 is 9.53 Å². The van der Waals surface area contributed by atoms with Crippen LogP contribution in [0.2, 0.25) is 0 Å². The number of methoxy groups -OCH3 is 1. The summed E-state index contributed by atoms with van der Waals surface area (Å²) in [5.74, 6) is 1.65. The third-order valence-corrected chi connectivity index (χ3v) is 4.20. The van der Waals surface area contributed by atoms with Gasteiger partial charge in [0, 0.05) is 11.8 Å². The van der Waals surface area contributed by atoms with Gasteiger partial charge in [-0.3, -0.25) is 9.79 Å². The number of hydrogen-bond donors (Lipinski definition) is 1. The van der Waals surface area contributed by atoms with Gasteiger partial charge < -0.3 is 10.1 Å². The Morgan fingerprint density at radius 3 is 2.91 bits per heavy atom. The zero-order valence-corrected chi connectivity index (χ0v) is 13.6. The highest BCUT2D eigenvalue weighted by Gasteiger charge is 2.20. The zero-order valence-electron chi connectivity index (χ0n) is 12.8. The molecule has 0 radical (unpaired) electrons. The lowest BCUT2D eigenvalue weighted by molar-refractivity contribution is 0.0977. The van der Waals surface area contributed by atoms with Gasteiger partial charge in [-0.05, 0) is 12.5 Å². The van der Waals surface area contributed by atoms with E-state index in [4.69, 9.17) is 4.74 Å². The topological polar surface area (TPSA) is 94.3 Å². The summed E-state index contributed by atoms with van der Waals surface area (Å²) in [4.78, 5) is 16.6. The van der Waals surface area contributed by atoms with Crippen molar-refractivity contribution in [3.8, 4) is 11.7 Å². The van der Waals surface area contributed by atoms with Crippen LogP contribution in [0.25, 0.3) is 5.82 Å². The van der Waals surface area contributed by atoms with Gasteiger partial charge in [0.2, 0.25) is 5.88 Å². The molecular formula is C14H16N6O2S. The van der Waals surface area contributed by atoms with Crippen LogP contribution in [0.15, 0.2) is 23.3 Å². The van der Waals surface area contributed by atoms with E-state index in [9.17, 15) is 4.79 Å². The largest absolute Gasteiger partial charge is 0.480 e. The molecule has 0 aliphatic carbocycles. The summed E-state index contributed by atoms with van der Waals surface area (Å²) in [6, 6.07) is 3.45. The second kappa shape index (κ2) is 6.78. The second-order valence-electron chi connectivity index (χ2n) is 4.69. The van der Waals surface area contributed by atoms with Crippen molar-refractivity contribution in [1.82, 2.24) is 25.3 Å². The molecule has 120 valence electrons. The molecule has 3 heterocycles. The Bertz CT molecular complexity index is 740. The van der Waals surface area contributed by atoms with Crippen LogP contribution in [0.5, 0.6) is 5.88 Å². The molecule has 0 saturated carbocycles. The molecule has 2 aromatic rings. The summed E-state index contributed by atoms with van der Waals surface area (Å²) < 4.78 is 6.61. The maximum atomic E-state index is 12.4. The van der Waals surface area contributed by atoms with Gasteiger partial charge in [-0.25, -0.2) is 4.68 Å². The quantitative estimate of drug-likeness (QED) is 0.900. The van der Waals surface area contributed by atoms with Crippen LogP contribution < -0.4 is 10.1 Å². The van der Waals surface area contributed by atoms with Crippen LogP contribution in [-0.4, -0.2) is 50.5 Å². The van der Waals surface area contributed by atoms with E-state index >= 15 is 0 Å². The molecule has 0 saturated heterocycles. The number of nitrogens with zero attached hydrogens (tertiary/aromatic N) is 5. The highest BCUT2D eigenvalue weighted by atomic mass is 32.2. The zero-order chi connectivity index (χ0) is 16.2. The molecule has 0 bridgehead atoms. The molecule has 1 aliphatic heterocycles. The Morgan fingerprint density at radius 1 is 1.43 bits per heavy atom. The van der Waals surface area contributed by atoms with Crippen molar-refractivity contribution in [2.24, 2.45) is 4.99 Å². The Labute approximate surface area is 137 Å². The minimum Gasteiger partial charge on any atom is -0.480 e. The van der Waals surface area contributed by atoms with Gasteiger partial charge in [0.1, 0.15) is 0 Å². The number of amidine groups is 1. The van der Waals surface area contributed by atoms with Crippen LogP contribution in [0.4, 0.5) is 0 Å². The number of aliphatic imine (C=N–C) groups is 1. The number of amides is 1. The normalized spacial score (nSPS) is 13.7. The molecule has 1 amide bonds. The average Bonchev–Trinajstić information content (AvgIpc) is 3.23. The molecule has 0 atom stereocenters. The van der Waals surface area contributed by atoms with E-state index in [0.717, 1.165) is 18.0 Å². The van der Waals surface area contributed by atoms with Gasteiger partial charge in [0.05, 0.1) is 31.1 Å². The first-order chi connectivity index (χ1) is 11.2. The fraction of sp³-hybridized carbons (Fsp3) is 0.357. The molecule has 8 nitrogen and oxygen atoms in total. The molecule has 1 N–H and O–H groups in total. The SMILES string of the molecule is CCc1c(C(=O)NC2=NCCS2)cnn1-c1ccc(OC)nn1. The second-order valence-corrected chi connectivity index (χ2v) is 5.78. The molecule has 0 spiro atoms. The van der Waals surface area contributed by atoms with Crippen molar-refractivity contribution in [2.45, 2.75) is 13.3 Å². The van der Waals surface area contributed by atoms with Crippen molar-refractivity contribution in [2.75, 3.05) is 19.4 Å². The lowest BCUT2D eigenvalue weighted by atomic mass is 10.2. The molecule has 23 heavy (non-hydrogen) atoms. The molecule has 3 rings (SSSR count). The first kappa shape index (κ1) is 15.5. The molecule has 9 heteroatoms. The van der Waals surface area contributed by atoms with Crippen LogP contribution in [0.3, 0.4) is 0 Å². The number of thioether (sulfide) groups is 1. The standard InChI is InChI=1S/C14H16N6O2S/c1-3-10-9(13(21)17-14-15-6-7-23-14)8-16-20(10)11-4-5-12(22-2)19-18-11/h4-5,8H,3,6-7H2,1-2H3,(H,15,17,21). The fourth-order valence-corrected chi connectivity index (χ4v) is 2.93. The molecule has 2 aromatic heterocycles. The van der Waals surface area contributed by atoms with Crippen molar-refractivity contribution in [3.05, 3.63) is 29.6 Å². The van der Waals surface area contributed by atoms with Gasteiger partial charge in [0.25, 0.3) is 5.91 Å². The van der Waals surface area contributed by atoms with Gasteiger partial charge >= 0.3 is 0 Å². The number of carbonyl (C=O) groups excluding carboxylic acids is 1. The van der Waals surface area contributed by atoms with Gasteiger partial charge in [-0.2, -0.15) is 5.10 Å². The lowest BCUT2D eigenvalue weighted by Crippen LogP contribution is -2.28. The Kier molecular flexibility index (Phi) is 4.56. The van der Waals surface area contributed by atoms with E-state index in [1.165, 1.54) is 7.11 Å². The number of ether oxygens (including phenoxy) is 1. The average molecular weight is 332 g/mol. The summed E-state index contributed by atoms with van der Waals surface area (Å²) in [5.41, 5.74) is 1.28. The maximum Gasteiger partial charge on any atom is 0.260 e. The number of carbonyl (C=O) groups is 1. The first-order valence-electron chi connectivity index (χ1n) is 7.16. The molecule has 0 unspecified atom stereocenters. The van der Waals surface area contributed by atoms with Crippen molar-refractivity contribution in [3.63, 3.8) is 0 Å². The van der Waals surface area contributed by atoms with Gasteiger partial charge in [-0.1, -0.05) is 18.7 Å². The van der Waals surface area contributed by atoms with Crippen LogP contribution in [-0.2, 0) is 6.42 Å². The first-order valence-corrected chi connectivity index (χ1v) is 8.15. The van der Waals surface area contributed by atoms with E-state index in [2.05, 4.69) is 25.6 Å². The van der Waals surface area contributed by atoms with Crippen LogP contribution in [0.1, 0.15) is 23.0 Å². The van der Waals surface area contributed by atoms with Crippen LogP contribution >= 0.6 is 11.8 Å². The Morgan fingerprint density at radius 2 is 2.30 bits per heavy atom. The Hall–Kier alpha value is -2.42. The smallest absolute Gasteiger partial charge is 0.260 e. The molecule has 0 aromatic carbocycles. The molecule has 1 aliphatic rings. The molecule has 0 fully saturated rings. The Balaban J connectivity index is 1.87. The predicted octanol–water partition coefficient (Wildman–Crippen LogP) is 1.07. The summed E-state index contributed by atoms with van der Waals surface area (Å²) in [6.45, 7) is 2.70. The number of nitrogens with one attached hydrogen (secondary N) is 1. The van der Waals surface area contributed by atoms with Crippen LogP contribution in [0, 0.1) is 0 Å².